The van der Waals surface area contributed by atoms with Crippen molar-refractivity contribution in [3.8, 4) is 10.4 Å². The lowest BCUT2D eigenvalue weighted by atomic mass is 10.2. The molecule has 0 aliphatic heterocycles. The highest BCUT2D eigenvalue weighted by molar-refractivity contribution is 7.81. The molecule has 2 rings (SSSR count). The predicted molar refractivity (Wildman–Crippen MR) is 65.6 cm³/mol. The van der Waals surface area contributed by atoms with Gasteiger partial charge < -0.3 is 5.73 Å². The third-order valence-electron chi connectivity index (χ3n) is 1.91. The first-order valence-electron chi connectivity index (χ1n) is 4.22. The van der Waals surface area contributed by atoms with Crippen molar-refractivity contribution in [3.05, 3.63) is 47.3 Å². The maximum Gasteiger partial charge on any atom is 0.114 e. The van der Waals surface area contributed by atoms with Crippen molar-refractivity contribution < 1.29 is 0 Å². The van der Waals surface area contributed by atoms with Gasteiger partial charge in [-0.05, 0) is 17.7 Å². The Morgan fingerprint density at radius 3 is 2.36 bits per heavy atom. The van der Waals surface area contributed by atoms with Gasteiger partial charge in [0.2, 0.25) is 0 Å². The maximum atomic E-state index is 5.55. The Bertz CT molecular complexity index is 445. The fourth-order valence-electron chi connectivity index (χ4n) is 1.23. The van der Waals surface area contributed by atoms with Gasteiger partial charge in [-0.2, -0.15) is 0 Å². The van der Waals surface area contributed by atoms with E-state index >= 15 is 0 Å². The van der Waals surface area contributed by atoms with Crippen molar-refractivity contribution in [1.82, 2.24) is 0 Å². The van der Waals surface area contributed by atoms with Gasteiger partial charge >= 0.3 is 0 Å². The smallest absolute Gasteiger partial charge is 0.114 e. The normalized spacial score (nSPS) is 10.0. The van der Waals surface area contributed by atoms with Crippen molar-refractivity contribution >= 4 is 28.5 Å². The summed E-state index contributed by atoms with van der Waals surface area (Å²) in [5.74, 6) is 0. The number of benzene rings is 1. The number of rotatable bonds is 2. The van der Waals surface area contributed by atoms with E-state index in [1.165, 1.54) is 10.4 Å². The molecule has 70 valence electrons. The van der Waals surface area contributed by atoms with Crippen LogP contribution >= 0.6 is 23.6 Å². The summed E-state index contributed by atoms with van der Waals surface area (Å²) in [6, 6.07) is 14.2. The fourth-order valence-corrected chi connectivity index (χ4v) is 2.28. The van der Waals surface area contributed by atoms with Gasteiger partial charge in [0.1, 0.15) is 4.99 Å². The first-order chi connectivity index (χ1) is 6.77. The van der Waals surface area contributed by atoms with Gasteiger partial charge in [-0.1, -0.05) is 42.5 Å². The van der Waals surface area contributed by atoms with Crippen molar-refractivity contribution in [2.45, 2.75) is 0 Å². The molecule has 2 N–H and O–H groups in total. The zero-order valence-electron chi connectivity index (χ0n) is 7.44. The van der Waals surface area contributed by atoms with Crippen molar-refractivity contribution in [2.75, 3.05) is 0 Å². The first-order valence-corrected chi connectivity index (χ1v) is 5.45. The summed E-state index contributed by atoms with van der Waals surface area (Å²) in [6.45, 7) is 0. The van der Waals surface area contributed by atoms with Crippen LogP contribution in [0.5, 0.6) is 0 Å². The minimum atomic E-state index is 0.470. The minimum absolute atomic E-state index is 0.470. The number of nitrogens with two attached hydrogens (primary N) is 1. The van der Waals surface area contributed by atoms with E-state index in [1.807, 2.05) is 24.3 Å². The van der Waals surface area contributed by atoms with E-state index in [4.69, 9.17) is 18.0 Å². The van der Waals surface area contributed by atoms with Crippen LogP contribution in [0, 0.1) is 0 Å². The monoisotopic (exact) mass is 219 g/mol. The van der Waals surface area contributed by atoms with E-state index in [-0.39, 0.29) is 0 Å². The Labute approximate surface area is 92.2 Å². The molecule has 0 atom stereocenters. The summed E-state index contributed by atoms with van der Waals surface area (Å²) >= 11 is 6.54. The van der Waals surface area contributed by atoms with Crippen molar-refractivity contribution in [3.63, 3.8) is 0 Å². The van der Waals surface area contributed by atoms with E-state index in [1.54, 1.807) is 11.3 Å². The molecule has 3 heteroatoms. The highest BCUT2D eigenvalue weighted by atomic mass is 32.1. The molecule has 1 aromatic heterocycles. The molecule has 0 saturated heterocycles. The van der Waals surface area contributed by atoms with Gasteiger partial charge in [-0.3, -0.25) is 0 Å². The SMILES string of the molecule is NC(=S)c1ccc(-c2ccccc2)s1. The van der Waals surface area contributed by atoms with E-state index in [0.29, 0.717) is 4.99 Å². The molecule has 14 heavy (non-hydrogen) atoms. The van der Waals surface area contributed by atoms with Crippen LogP contribution in [0.25, 0.3) is 10.4 Å². The first kappa shape index (κ1) is 9.37. The second kappa shape index (κ2) is 3.90. The Morgan fingerprint density at radius 1 is 1.07 bits per heavy atom. The summed E-state index contributed by atoms with van der Waals surface area (Å²) in [7, 11) is 0. The van der Waals surface area contributed by atoms with Crippen LogP contribution in [0.2, 0.25) is 0 Å². The molecule has 1 heterocycles. The fraction of sp³-hybridized carbons (Fsp3) is 0. The third-order valence-corrected chi connectivity index (χ3v) is 3.42. The second-order valence-electron chi connectivity index (χ2n) is 2.89. The van der Waals surface area contributed by atoms with Crippen LogP contribution in [-0.4, -0.2) is 4.99 Å². The number of hydrogen-bond acceptors (Lipinski definition) is 2. The number of thiophene rings is 1. The highest BCUT2D eigenvalue weighted by Gasteiger charge is 2.03. The Hall–Kier alpha value is -1.19. The maximum absolute atomic E-state index is 5.55. The molecule has 0 radical (unpaired) electrons. The molecule has 0 aliphatic rings. The van der Waals surface area contributed by atoms with Crippen LogP contribution < -0.4 is 5.73 Å². The zero-order valence-corrected chi connectivity index (χ0v) is 9.07. The van der Waals surface area contributed by atoms with Gasteiger partial charge in [0.15, 0.2) is 0 Å². The number of hydrogen-bond donors (Lipinski definition) is 1. The van der Waals surface area contributed by atoms with Gasteiger partial charge in [-0.25, -0.2) is 0 Å². The molecule has 2 aromatic rings. The van der Waals surface area contributed by atoms with E-state index < -0.39 is 0 Å². The second-order valence-corrected chi connectivity index (χ2v) is 4.42. The Kier molecular flexibility index (Phi) is 2.61. The minimum Gasteiger partial charge on any atom is -0.389 e. The summed E-state index contributed by atoms with van der Waals surface area (Å²) in [6.07, 6.45) is 0. The lowest BCUT2D eigenvalue weighted by Gasteiger charge is -1.94. The highest BCUT2D eigenvalue weighted by Crippen LogP contribution is 2.27. The molecule has 0 bridgehead atoms. The van der Waals surface area contributed by atoms with Crippen LogP contribution in [0.15, 0.2) is 42.5 Å². The molecule has 0 unspecified atom stereocenters. The Balaban J connectivity index is 2.39. The van der Waals surface area contributed by atoms with E-state index in [0.717, 1.165) is 4.88 Å². The average Bonchev–Trinajstić information content (AvgIpc) is 2.68. The van der Waals surface area contributed by atoms with Crippen LogP contribution in [-0.2, 0) is 0 Å². The van der Waals surface area contributed by atoms with Gasteiger partial charge in [0.25, 0.3) is 0 Å². The quantitative estimate of drug-likeness (QED) is 0.786. The van der Waals surface area contributed by atoms with Gasteiger partial charge in [0, 0.05) is 4.88 Å². The molecule has 0 saturated carbocycles. The zero-order chi connectivity index (χ0) is 9.97. The third kappa shape index (κ3) is 1.84. The lowest BCUT2D eigenvalue weighted by Crippen LogP contribution is -2.06. The molecule has 1 nitrogen and oxygen atoms in total. The lowest BCUT2D eigenvalue weighted by molar-refractivity contribution is 1.70. The van der Waals surface area contributed by atoms with Gasteiger partial charge in [0.05, 0.1) is 4.88 Å². The Morgan fingerprint density at radius 2 is 1.79 bits per heavy atom. The standard InChI is InChI=1S/C11H9NS2/c12-11(13)10-7-6-9(14-10)8-4-2-1-3-5-8/h1-7H,(H2,12,13). The van der Waals surface area contributed by atoms with Crippen LogP contribution in [0.4, 0.5) is 0 Å². The van der Waals surface area contributed by atoms with Gasteiger partial charge in [-0.15, -0.1) is 11.3 Å². The topological polar surface area (TPSA) is 26.0 Å². The predicted octanol–water partition coefficient (Wildman–Crippen LogP) is 3.05. The molecular formula is C11H9NS2. The van der Waals surface area contributed by atoms with Crippen molar-refractivity contribution in [1.29, 1.82) is 0 Å². The average molecular weight is 219 g/mol. The summed E-state index contributed by atoms with van der Waals surface area (Å²) < 4.78 is 0. The largest absolute Gasteiger partial charge is 0.389 e. The summed E-state index contributed by atoms with van der Waals surface area (Å²) in [5, 5.41) is 0. The summed E-state index contributed by atoms with van der Waals surface area (Å²) in [4.78, 5) is 2.64. The molecule has 1 aromatic carbocycles. The molecule has 0 aliphatic carbocycles. The van der Waals surface area contributed by atoms with Crippen LogP contribution in [0.1, 0.15) is 4.88 Å². The number of thiocarbonyl (C=S) groups is 1. The van der Waals surface area contributed by atoms with E-state index in [9.17, 15) is 0 Å². The molecule has 0 spiro atoms. The van der Waals surface area contributed by atoms with Crippen LogP contribution in [0.3, 0.4) is 0 Å². The van der Waals surface area contributed by atoms with Crippen molar-refractivity contribution in [2.24, 2.45) is 5.73 Å². The molecule has 0 fully saturated rings. The molecular weight excluding hydrogens is 210 g/mol. The summed E-state index contributed by atoms with van der Waals surface area (Å²) in [5.41, 5.74) is 6.76. The van der Waals surface area contributed by atoms with E-state index in [2.05, 4.69) is 18.2 Å². The molecule has 0 amide bonds.